The second kappa shape index (κ2) is 4.00. The van der Waals surface area contributed by atoms with Gasteiger partial charge in [0.25, 0.3) is 0 Å². The summed E-state index contributed by atoms with van der Waals surface area (Å²) in [6.45, 7) is 3.82. The standard InChI is InChI=1S/C14H17FN2/c1-9-7-12(16)14(2,13(17)8-9)10-5-3-4-6-11(10)15/h3-8,12H,16-17H2,1-2H3. The number of halogens is 1. The minimum atomic E-state index is -0.676. The van der Waals surface area contributed by atoms with Crippen molar-refractivity contribution in [1.82, 2.24) is 0 Å². The van der Waals surface area contributed by atoms with Gasteiger partial charge in [-0.1, -0.05) is 29.8 Å². The first kappa shape index (κ1) is 11.9. The van der Waals surface area contributed by atoms with E-state index in [0.717, 1.165) is 5.57 Å². The van der Waals surface area contributed by atoms with Gasteiger partial charge in [-0.2, -0.15) is 0 Å². The van der Waals surface area contributed by atoms with Crippen LogP contribution < -0.4 is 11.5 Å². The van der Waals surface area contributed by atoms with Crippen molar-refractivity contribution in [3.8, 4) is 0 Å². The van der Waals surface area contributed by atoms with Crippen LogP contribution in [0.4, 0.5) is 4.39 Å². The summed E-state index contributed by atoms with van der Waals surface area (Å²) in [6.07, 6.45) is 3.78. The molecule has 3 heteroatoms. The van der Waals surface area contributed by atoms with Crippen LogP contribution in [0.3, 0.4) is 0 Å². The Morgan fingerprint density at radius 1 is 1.29 bits per heavy atom. The number of hydrogen-bond donors (Lipinski definition) is 2. The largest absolute Gasteiger partial charge is 0.401 e. The number of nitrogens with two attached hydrogens (primary N) is 2. The average molecular weight is 232 g/mol. The number of allylic oxidation sites excluding steroid dienone is 2. The molecule has 1 aliphatic carbocycles. The molecule has 1 aromatic rings. The Labute approximate surface area is 101 Å². The van der Waals surface area contributed by atoms with Crippen LogP contribution in [0.5, 0.6) is 0 Å². The van der Waals surface area contributed by atoms with Gasteiger partial charge in [0.2, 0.25) is 0 Å². The lowest BCUT2D eigenvalue weighted by Crippen LogP contribution is -2.48. The van der Waals surface area contributed by atoms with Gasteiger partial charge in [-0.05, 0) is 26.0 Å². The summed E-state index contributed by atoms with van der Waals surface area (Å²) in [5.41, 5.74) is 13.7. The van der Waals surface area contributed by atoms with E-state index in [0.29, 0.717) is 11.3 Å². The van der Waals surface area contributed by atoms with Crippen molar-refractivity contribution in [2.75, 3.05) is 0 Å². The minimum Gasteiger partial charge on any atom is -0.401 e. The van der Waals surface area contributed by atoms with E-state index >= 15 is 0 Å². The molecular weight excluding hydrogens is 215 g/mol. The minimum absolute atomic E-state index is 0.269. The molecule has 2 atom stereocenters. The van der Waals surface area contributed by atoms with Crippen molar-refractivity contribution >= 4 is 0 Å². The van der Waals surface area contributed by atoms with Gasteiger partial charge in [0.1, 0.15) is 5.82 Å². The summed E-state index contributed by atoms with van der Waals surface area (Å²) < 4.78 is 13.9. The molecule has 0 spiro atoms. The zero-order valence-electron chi connectivity index (χ0n) is 10.1. The lowest BCUT2D eigenvalue weighted by Gasteiger charge is -2.38. The Bertz CT molecular complexity index is 505. The van der Waals surface area contributed by atoms with E-state index in [1.165, 1.54) is 6.07 Å². The second-order valence-corrected chi connectivity index (χ2v) is 4.72. The smallest absolute Gasteiger partial charge is 0.127 e. The third-order valence-electron chi connectivity index (χ3n) is 3.53. The van der Waals surface area contributed by atoms with Gasteiger partial charge in [0, 0.05) is 17.3 Å². The molecule has 0 aliphatic heterocycles. The summed E-state index contributed by atoms with van der Waals surface area (Å²) in [7, 11) is 0. The van der Waals surface area contributed by atoms with Gasteiger partial charge in [-0.25, -0.2) is 4.39 Å². The van der Waals surface area contributed by atoms with Crippen molar-refractivity contribution in [2.45, 2.75) is 25.3 Å². The zero-order valence-corrected chi connectivity index (χ0v) is 10.1. The van der Waals surface area contributed by atoms with Crippen molar-refractivity contribution in [2.24, 2.45) is 11.5 Å². The third-order valence-corrected chi connectivity index (χ3v) is 3.53. The van der Waals surface area contributed by atoms with Crippen molar-refractivity contribution in [1.29, 1.82) is 0 Å². The predicted molar refractivity (Wildman–Crippen MR) is 67.8 cm³/mol. The summed E-state index contributed by atoms with van der Waals surface area (Å²) in [4.78, 5) is 0. The summed E-state index contributed by atoms with van der Waals surface area (Å²) in [6, 6.07) is 6.33. The van der Waals surface area contributed by atoms with Gasteiger partial charge >= 0.3 is 0 Å². The molecule has 0 fully saturated rings. The molecule has 0 bridgehead atoms. The topological polar surface area (TPSA) is 52.0 Å². The molecule has 0 saturated heterocycles. The lowest BCUT2D eigenvalue weighted by molar-refractivity contribution is 0.452. The fourth-order valence-electron chi connectivity index (χ4n) is 2.30. The third kappa shape index (κ3) is 1.76. The molecule has 17 heavy (non-hydrogen) atoms. The molecular formula is C14H17FN2. The van der Waals surface area contributed by atoms with E-state index < -0.39 is 5.41 Å². The molecule has 1 aromatic carbocycles. The molecule has 1 aliphatic rings. The number of rotatable bonds is 1. The molecule has 4 N–H and O–H groups in total. The molecule has 2 unspecified atom stereocenters. The summed E-state index contributed by atoms with van der Waals surface area (Å²) >= 11 is 0. The van der Waals surface area contributed by atoms with Crippen LogP contribution in [-0.4, -0.2) is 6.04 Å². The molecule has 0 aromatic heterocycles. The predicted octanol–water partition coefficient (Wildman–Crippen LogP) is 2.21. The highest BCUT2D eigenvalue weighted by atomic mass is 19.1. The zero-order chi connectivity index (χ0) is 12.6. The van der Waals surface area contributed by atoms with Gasteiger partial charge in [-0.15, -0.1) is 0 Å². The second-order valence-electron chi connectivity index (χ2n) is 4.72. The van der Waals surface area contributed by atoms with Gasteiger partial charge in [0.05, 0.1) is 5.41 Å². The van der Waals surface area contributed by atoms with E-state index in [9.17, 15) is 4.39 Å². The van der Waals surface area contributed by atoms with Crippen LogP contribution in [-0.2, 0) is 5.41 Å². The van der Waals surface area contributed by atoms with E-state index in [-0.39, 0.29) is 11.9 Å². The molecule has 0 amide bonds. The first-order valence-corrected chi connectivity index (χ1v) is 5.63. The monoisotopic (exact) mass is 232 g/mol. The van der Waals surface area contributed by atoms with Crippen molar-refractivity contribution in [3.05, 3.63) is 59.1 Å². The average Bonchev–Trinajstić information content (AvgIpc) is 2.26. The molecule has 2 nitrogen and oxygen atoms in total. The Balaban J connectivity index is 2.58. The highest BCUT2D eigenvalue weighted by Gasteiger charge is 2.39. The molecule has 0 radical (unpaired) electrons. The maximum absolute atomic E-state index is 13.9. The first-order chi connectivity index (χ1) is 7.96. The first-order valence-electron chi connectivity index (χ1n) is 5.63. The number of hydrogen-bond acceptors (Lipinski definition) is 2. The molecule has 90 valence electrons. The van der Waals surface area contributed by atoms with E-state index in [1.807, 2.05) is 26.0 Å². The maximum Gasteiger partial charge on any atom is 0.127 e. The highest BCUT2D eigenvalue weighted by Crippen LogP contribution is 2.37. The highest BCUT2D eigenvalue weighted by molar-refractivity contribution is 5.45. The SMILES string of the molecule is CC1=CC(N)C(C)(c2ccccc2F)C(N)=C1. The van der Waals surface area contributed by atoms with E-state index in [1.54, 1.807) is 18.2 Å². The fourth-order valence-corrected chi connectivity index (χ4v) is 2.30. The Hall–Kier alpha value is -1.61. The maximum atomic E-state index is 13.9. The van der Waals surface area contributed by atoms with E-state index in [2.05, 4.69) is 0 Å². The van der Waals surface area contributed by atoms with E-state index in [4.69, 9.17) is 11.5 Å². The van der Waals surface area contributed by atoms with Gasteiger partial charge < -0.3 is 11.5 Å². The van der Waals surface area contributed by atoms with Crippen LogP contribution in [0, 0.1) is 5.82 Å². The lowest BCUT2D eigenvalue weighted by atomic mass is 9.70. The van der Waals surface area contributed by atoms with Gasteiger partial charge in [-0.3, -0.25) is 0 Å². The summed E-state index contributed by atoms with van der Waals surface area (Å²) in [5, 5.41) is 0. The summed E-state index contributed by atoms with van der Waals surface area (Å²) in [5.74, 6) is -0.269. The normalized spacial score (nSPS) is 28.6. The quantitative estimate of drug-likeness (QED) is 0.780. The van der Waals surface area contributed by atoms with Crippen molar-refractivity contribution < 1.29 is 4.39 Å². The Morgan fingerprint density at radius 2 is 1.94 bits per heavy atom. The fraction of sp³-hybridized carbons (Fsp3) is 0.286. The van der Waals surface area contributed by atoms with Gasteiger partial charge in [0.15, 0.2) is 0 Å². The Morgan fingerprint density at radius 3 is 2.53 bits per heavy atom. The van der Waals surface area contributed by atoms with Crippen LogP contribution in [0.2, 0.25) is 0 Å². The molecule has 0 heterocycles. The van der Waals surface area contributed by atoms with Crippen LogP contribution in [0.25, 0.3) is 0 Å². The number of benzene rings is 1. The van der Waals surface area contributed by atoms with Crippen LogP contribution in [0.1, 0.15) is 19.4 Å². The van der Waals surface area contributed by atoms with Crippen LogP contribution in [0.15, 0.2) is 47.7 Å². The molecule has 2 rings (SSSR count). The Kier molecular flexibility index (Phi) is 2.79. The molecule has 0 saturated carbocycles. The van der Waals surface area contributed by atoms with Crippen LogP contribution >= 0.6 is 0 Å². The van der Waals surface area contributed by atoms with Crippen molar-refractivity contribution in [3.63, 3.8) is 0 Å².